The summed E-state index contributed by atoms with van der Waals surface area (Å²) in [7, 11) is 0. The molecule has 0 saturated carbocycles. The Morgan fingerprint density at radius 1 is 1.00 bits per heavy atom. The lowest BCUT2D eigenvalue weighted by atomic mass is 10.1. The van der Waals surface area contributed by atoms with Gasteiger partial charge in [-0.25, -0.2) is 0 Å². The first-order chi connectivity index (χ1) is 10.3. The van der Waals surface area contributed by atoms with Crippen molar-refractivity contribution in [2.45, 2.75) is 46.3 Å². The van der Waals surface area contributed by atoms with Gasteiger partial charge in [0, 0.05) is 0 Å². The molecule has 21 heavy (non-hydrogen) atoms. The van der Waals surface area contributed by atoms with Crippen LogP contribution in [0.3, 0.4) is 0 Å². The first-order valence-corrected chi connectivity index (χ1v) is 7.82. The van der Waals surface area contributed by atoms with Gasteiger partial charge in [-0.05, 0) is 49.2 Å². The molecule has 1 aromatic carbocycles. The van der Waals surface area contributed by atoms with E-state index >= 15 is 0 Å². The van der Waals surface area contributed by atoms with E-state index in [4.69, 9.17) is 9.15 Å². The third-order valence-corrected chi connectivity index (χ3v) is 3.39. The predicted octanol–water partition coefficient (Wildman–Crippen LogP) is 4.31. The maximum absolute atomic E-state index is 5.76. The second-order valence-corrected chi connectivity index (χ2v) is 5.18. The molecule has 3 heteroatoms. The molecule has 0 aliphatic heterocycles. The highest BCUT2D eigenvalue weighted by Crippen LogP contribution is 2.16. The van der Waals surface area contributed by atoms with Gasteiger partial charge in [0.05, 0.1) is 6.54 Å². The van der Waals surface area contributed by atoms with Gasteiger partial charge in [0.1, 0.15) is 23.9 Å². The zero-order valence-corrected chi connectivity index (χ0v) is 13.0. The number of furan rings is 1. The topological polar surface area (TPSA) is 34.4 Å². The fourth-order valence-electron chi connectivity index (χ4n) is 2.13. The second kappa shape index (κ2) is 8.53. The number of benzene rings is 1. The van der Waals surface area contributed by atoms with Crippen LogP contribution in [0.4, 0.5) is 0 Å². The van der Waals surface area contributed by atoms with E-state index < -0.39 is 0 Å². The van der Waals surface area contributed by atoms with Gasteiger partial charge in [0.2, 0.25) is 0 Å². The number of hydrogen-bond acceptors (Lipinski definition) is 3. The van der Waals surface area contributed by atoms with Gasteiger partial charge < -0.3 is 14.5 Å². The number of aryl methyl sites for hydroxylation is 1. The van der Waals surface area contributed by atoms with Gasteiger partial charge in [-0.15, -0.1) is 0 Å². The van der Waals surface area contributed by atoms with Gasteiger partial charge in [-0.2, -0.15) is 0 Å². The molecule has 0 saturated heterocycles. The molecule has 2 rings (SSSR count). The molecular formula is C18H25NO2. The fourth-order valence-corrected chi connectivity index (χ4v) is 2.13. The molecular weight excluding hydrogens is 262 g/mol. The quantitative estimate of drug-likeness (QED) is 0.746. The van der Waals surface area contributed by atoms with E-state index in [1.165, 1.54) is 18.4 Å². The number of nitrogens with one attached hydrogen (secondary N) is 1. The molecule has 0 unspecified atom stereocenters. The van der Waals surface area contributed by atoms with Crippen molar-refractivity contribution in [1.82, 2.24) is 5.32 Å². The summed E-state index contributed by atoms with van der Waals surface area (Å²) in [4.78, 5) is 0. The molecule has 2 aromatic rings. The summed E-state index contributed by atoms with van der Waals surface area (Å²) in [5.74, 6) is 2.70. The predicted molar refractivity (Wildman–Crippen MR) is 85.5 cm³/mol. The molecule has 0 spiro atoms. The number of hydrogen-bond donors (Lipinski definition) is 1. The van der Waals surface area contributed by atoms with E-state index in [-0.39, 0.29) is 0 Å². The van der Waals surface area contributed by atoms with Crippen LogP contribution in [0.2, 0.25) is 0 Å². The molecule has 1 aromatic heterocycles. The van der Waals surface area contributed by atoms with Crippen LogP contribution in [0.1, 0.15) is 43.8 Å². The number of unbranched alkanes of at least 4 members (excludes halogenated alkanes) is 1. The third-order valence-electron chi connectivity index (χ3n) is 3.39. The van der Waals surface area contributed by atoms with Crippen LogP contribution in [0.15, 0.2) is 40.8 Å². The Hall–Kier alpha value is -1.74. The second-order valence-electron chi connectivity index (χ2n) is 5.18. The minimum Gasteiger partial charge on any atom is -0.486 e. The Morgan fingerprint density at radius 3 is 2.48 bits per heavy atom. The van der Waals surface area contributed by atoms with Crippen LogP contribution in [0.5, 0.6) is 5.75 Å². The van der Waals surface area contributed by atoms with E-state index in [0.29, 0.717) is 6.61 Å². The Kier molecular flexibility index (Phi) is 6.35. The van der Waals surface area contributed by atoms with Crippen molar-refractivity contribution >= 4 is 0 Å². The Labute approximate surface area is 127 Å². The lowest BCUT2D eigenvalue weighted by Crippen LogP contribution is -2.10. The molecule has 0 radical (unpaired) electrons. The Balaban J connectivity index is 1.80. The molecule has 1 heterocycles. The van der Waals surface area contributed by atoms with Gasteiger partial charge in [0.15, 0.2) is 0 Å². The first-order valence-electron chi connectivity index (χ1n) is 7.82. The van der Waals surface area contributed by atoms with Crippen LogP contribution >= 0.6 is 0 Å². The molecule has 0 bridgehead atoms. The van der Waals surface area contributed by atoms with Crippen LogP contribution in [-0.2, 0) is 19.6 Å². The van der Waals surface area contributed by atoms with Gasteiger partial charge >= 0.3 is 0 Å². The normalized spacial score (nSPS) is 10.8. The van der Waals surface area contributed by atoms with Crippen LogP contribution < -0.4 is 10.1 Å². The van der Waals surface area contributed by atoms with Gasteiger partial charge in [-0.1, -0.05) is 32.4 Å². The Morgan fingerprint density at radius 2 is 1.76 bits per heavy atom. The van der Waals surface area contributed by atoms with E-state index in [1.807, 2.05) is 24.3 Å². The van der Waals surface area contributed by atoms with Gasteiger partial charge in [0.25, 0.3) is 0 Å². The molecule has 0 atom stereocenters. The SMILES string of the molecule is CCCCc1ccc(OCc2ccc(CNCC)o2)cc1. The van der Waals surface area contributed by atoms with Crippen molar-refractivity contribution in [3.63, 3.8) is 0 Å². The summed E-state index contributed by atoms with van der Waals surface area (Å²) < 4.78 is 11.5. The van der Waals surface area contributed by atoms with Crippen molar-refractivity contribution in [2.24, 2.45) is 0 Å². The fraction of sp³-hybridized carbons (Fsp3) is 0.444. The monoisotopic (exact) mass is 287 g/mol. The summed E-state index contributed by atoms with van der Waals surface area (Å²) in [6.07, 6.45) is 3.61. The average molecular weight is 287 g/mol. The van der Waals surface area contributed by atoms with Gasteiger partial charge in [-0.3, -0.25) is 0 Å². The van der Waals surface area contributed by atoms with Crippen molar-refractivity contribution in [2.75, 3.05) is 6.54 Å². The summed E-state index contributed by atoms with van der Waals surface area (Å²) in [6, 6.07) is 12.3. The molecule has 0 amide bonds. The highest BCUT2D eigenvalue weighted by Gasteiger charge is 2.03. The lowest BCUT2D eigenvalue weighted by Gasteiger charge is -2.06. The summed E-state index contributed by atoms with van der Waals surface area (Å²) in [5, 5.41) is 3.24. The largest absolute Gasteiger partial charge is 0.486 e. The highest BCUT2D eigenvalue weighted by atomic mass is 16.5. The first kappa shape index (κ1) is 15.6. The van der Waals surface area contributed by atoms with Crippen LogP contribution in [0.25, 0.3) is 0 Å². The summed E-state index contributed by atoms with van der Waals surface area (Å²) >= 11 is 0. The summed E-state index contributed by atoms with van der Waals surface area (Å²) in [6.45, 7) is 6.47. The van der Waals surface area contributed by atoms with E-state index in [9.17, 15) is 0 Å². The van der Waals surface area contributed by atoms with Crippen molar-refractivity contribution in [3.8, 4) is 5.75 Å². The lowest BCUT2D eigenvalue weighted by molar-refractivity contribution is 0.265. The maximum atomic E-state index is 5.76. The third kappa shape index (κ3) is 5.27. The minimum absolute atomic E-state index is 0.473. The van der Waals surface area contributed by atoms with E-state index in [1.54, 1.807) is 0 Å². The summed E-state index contributed by atoms with van der Waals surface area (Å²) in [5.41, 5.74) is 1.37. The van der Waals surface area contributed by atoms with Crippen molar-refractivity contribution in [3.05, 3.63) is 53.5 Å². The highest BCUT2D eigenvalue weighted by molar-refractivity contribution is 5.27. The average Bonchev–Trinajstić information content (AvgIpc) is 2.98. The smallest absolute Gasteiger partial charge is 0.146 e. The molecule has 0 aliphatic carbocycles. The zero-order chi connectivity index (χ0) is 14.9. The number of rotatable bonds is 9. The Bertz CT molecular complexity index is 516. The molecule has 114 valence electrons. The van der Waals surface area contributed by atoms with Crippen molar-refractivity contribution in [1.29, 1.82) is 0 Å². The van der Waals surface area contributed by atoms with Crippen LogP contribution in [-0.4, -0.2) is 6.54 Å². The zero-order valence-electron chi connectivity index (χ0n) is 13.0. The van der Waals surface area contributed by atoms with Crippen molar-refractivity contribution < 1.29 is 9.15 Å². The van der Waals surface area contributed by atoms with E-state index in [0.717, 1.165) is 36.8 Å². The molecule has 0 aliphatic rings. The van der Waals surface area contributed by atoms with E-state index in [2.05, 4.69) is 31.3 Å². The van der Waals surface area contributed by atoms with Crippen LogP contribution in [0, 0.1) is 0 Å². The minimum atomic E-state index is 0.473. The number of ether oxygens (including phenoxy) is 1. The molecule has 3 nitrogen and oxygen atoms in total. The standard InChI is InChI=1S/C18H25NO2/c1-3-5-6-15-7-9-16(10-8-15)20-14-18-12-11-17(21-18)13-19-4-2/h7-12,19H,3-6,13-14H2,1-2H3. The molecule has 1 N–H and O–H groups in total. The maximum Gasteiger partial charge on any atom is 0.146 e. The molecule has 0 fully saturated rings.